The molecule has 1 aromatic heterocycles. The molecule has 0 amide bonds. The van der Waals surface area contributed by atoms with Crippen LogP contribution in [0, 0.1) is 29.9 Å². The SMILES string of the molecule is Cc1ncn(-c2cc(F)c(C#N)cc2F)n1. The minimum Gasteiger partial charge on any atom is -0.220 e. The number of aryl methyl sites for hydroxylation is 1. The Morgan fingerprint density at radius 3 is 2.62 bits per heavy atom. The summed E-state index contributed by atoms with van der Waals surface area (Å²) in [5.74, 6) is -1.06. The first kappa shape index (κ1) is 10.2. The van der Waals surface area contributed by atoms with Crippen molar-refractivity contribution >= 4 is 0 Å². The van der Waals surface area contributed by atoms with Crippen molar-refractivity contribution in [2.24, 2.45) is 0 Å². The first-order valence-corrected chi connectivity index (χ1v) is 4.39. The second kappa shape index (κ2) is 3.70. The molecule has 0 atom stereocenters. The zero-order chi connectivity index (χ0) is 11.7. The summed E-state index contributed by atoms with van der Waals surface area (Å²) in [5, 5.41) is 12.4. The number of rotatable bonds is 1. The van der Waals surface area contributed by atoms with Gasteiger partial charge in [-0.1, -0.05) is 0 Å². The third-order valence-electron chi connectivity index (χ3n) is 2.01. The Hall–Kier alpha value is -2.29. The molecule has 0 aliphatic heterocycles. The Morgan fingerprint density at radius 2 is 2.06 bits per heavy atom. The number of aromatic nitrogens is 3. The molecule has 1 aromatic carbocycles. The number of hydrogen-bond donors (Lipinski definition) is 0. The Balaban J connectivity index is 2.59. The van der Waals surface area contributed by atoms with Crippen molar-refractivity contribution in [3.05, 3.63) is 41.5 Å². The van der Waals surface area contributed by atoms with Crippen LogP contribution in [0.5, 0.6) is 0 Å². The number of nitrogens with zero attached hydrogens (tertiary/aromatic N) is 4. The van der Waals surface area contributed by atoms with E-state index in [-0.39, 0.29) is 11.3 Å². The molecular weight excluding hydrogens is 214 g/mol. The van der Waals surface area contributed by atoms with Crippen molar-refractivity contribution in [1.82, 2.24) is 14.8 Å². The van der Waals surface area contributed by atoms with Gasteiger partial charge in [0.25, 0.3) is 0 Å². The van der Waals surface area contributed by atoms with Crippen molar-refractivity contribution in [3.63, 3.8) is 0 Å². The van der Waals surface area contributed by atoms with Crippen LogP contribution in [0.2, 0.25) is 0 Å². The number of halogens is 2. The lowest BCUT2D eigenvalue weighted by atomic mass is 10.2. The molecule has 0 unspecified atom stereocenters. The van der Waals surface area contributed by atoms with Crippen LogP contribution in [0.1, 0.15) is 11.4 Å². The van der Waals surface area contributed by atoms with Gasteiger partial charge in [-0.05, 0) is 13.0 Å². The van der Waals surface area contributed by atoms with Crippen molar-refractivity contribution in [1.29, 1.82) is 5.26 Å². The van der Waals surface area contributed by atoms with E-state index in [2.05, 4.69) is 10.1 Å². The lowest BCUT2D eigenvalue weighted by molar-refractivity contribution is 0.583. The maximum atomic E-state index is 13.5. The van der Waals surface area contributed by atoms with Gasteiger partial charge in [0, 0.05) is 6.07 Å². The molecule has 6 heteroatoms. The van der Waals surface area contributed by atoms with E-state index in [1.54, 1.807) is 13.0 Å². The highest BCUT2D eigenvalue weighted by atomic mass is 19.1. The van der Waals surface area contributed by atoms with Crippen molar-refractivity contribution in [3.8, 4) is 11.8 Å². The summed E-state index contributed by atoms with van der Waals surface area (Å²) in [6.07, 6.45) is 1.28. The Kier molecular flexibility index (Phi) is 2.37. The molecule has 0 saturated carbocycles. The van der Waals surface area contributed by atoms with Crippen LogP contribution >= 0.6 is 0 Å². The predicted octanol–water partition coefficient (Wildman–Crippen LogP) is 1.73. The van der Waals surface area contributed by atoms with Crippen LogP contribution in [0.15, 0.2) is 18.5 Å². The van der Waals surface area contributed by atoms with Crippen LogP contribution in [0.4, 0.5) is 8.78 Å². The highest BCUT2D eigenvalue weighted by Crippen LogP contribution is 2.17. The second-order valence-electron chi connectivity index (χ2n) is 3.13. The largest absolute Gasteiger partial charge is 0.220 e. The minimum absolute atomic E-state index is 0.0721. The molecule has 0 radical (unpaired) electrons. The molecule has 2 rings (SSSR count). The van der Waals surface area contributed by atoms with E-state index in [1.165, 1.54) is 6.33 Å². The summed E-state index contributed by atoms with van der Waals surface area (Å²) in [6, 6.07) is 3.31. The summed E-state index contributed by atoms with van der Waals surface area (Å²) >= 11 is 0. The monoisotopic (exact) mass is 220 g/mol. The Labute approximate surface area is 89.8 Å². The van der Waals surface area contributed by atoms with E-state index < -0.39 is 11.6 Å². The van der Waals surface area contributed by atoms with Gasteiger partial charge in [0.15, 0.2) is 0 Å². The van der Waals surface area contributed by atoms with Crippen LogP contribution < -0.4 is 0 Å². The molecule has 80 valence electrons. The van der Waals surface area contributed by atoms with E-state index in [9.17, 15) is 8.78 Å². The molecule has 4 nitrogen and oxygen atoms in total. The predicted molar refractivity (Wildman–Crippen MR) is 50.7 cm³/mol. The average Bonchev–Trinajstić information content (AvgIpc) is 2.67. The van der Waals surface area contributed by atoms with Gasteiger partial charge in [0.05, 0.1) is 5.56 Å². The Bertz CT molecular complexity index is 583. The lowest BCUT2D eigenvalue weighted by Crippen LogP contribution is -2.01. The zero-order valence-electron chi connectivity index (χ0n) is 8.28. The summed E-state index contributed by atoms with van der Waals surface area (Å²) < 4.78 is 27.9. The fraction of sp³-hybridized carbons (Fsp3) is 0.100. The van der Waals surface area contributed by atoms with Crippen molar-refractivity contribution in [2.75, 3.05) is 0 Å². The molecule has 0 bridgehead atoms. The fourth-order valence-corrected chi connectivity index (χ4v) is 1.26. The van der Waals surface area contributed by atoms with Crippen molar-refractivity contribution in [2.45, 2.75) is 6.92 Å². The highest BCUT2D eigenvalue weighted by molar-refractivity contribution is 5.41. The van der Waals surface area contributed by atoms with Gasteiger partial charge in [-0.25, -0.2) is 18.4 Å². The molecule has 0 N–H and O–H groups in total. The zero-order valence-corrected chi connectivity index (χ0v) is 8.28. The van der Waals surface area contributed by atoms with E-state index in [1.807, 2.05) is 0 Å². The summed E-state index contributed by atoms with van der Waals surface area (Å²) in [7, 11) is 0. The molecule has 1 heterocycles. The number of benzene rings is 1. The topological polar surface area (TPSA) is 54.5 Å². The fourth-order valence-electron chi connectivity index (χ4n) is 1.26. The van der Waals surface area contributed by atoms with Crippen molar-refractivity contribution < 1.29 is 8.78 Å². The normalized spacial score (nSPS) is 10.1. The first-order valence-electron chi connectivity index (χ1n) is 4.39. The highest BCUT2D eigenvalue weighted by Gasteiger charge is 2.12. The number of nitriles is 1. The van der Waals surface area contributed by atoms with Gasteiger partial charge in [-0.2, -0.15) is 10.4 Å². The summed E-state index contributed by atoms with van der Waals surface area (Å²) in [6.45, 7) is 1.63. The maximum absolute atomic E-state index is 13.5. The third kappa shape index (κ3) is 1.63. The van der Waals surface area contributed by atoms with E-state index >= 15 is 0 Å². The standard InChI is InChI=1S/C10H6F2N4/c1-6-14-5-16(15-6)10-3-8(11)7(4-13)2-9(10)12/h2-3,5H,1H3. The summed E-state index contributed by atoms with van der Waals surface area (Å²) in [4.78, 5) is 3.80. The quantitative estimate of drug-likeness (QED) is 0.735. The van der Waals surface area contributed by atoms with Crippen LogP contribution in [-0.4, -0.2) is 14.8 Å². The summed E-state index contributed by atoms with van der Waals surface area (Å²) in [5.41, 5.74) is -0.407. The third-order valence-corrected chi connectivity index (χ3v) is 2.01. The molecule has 0 spiro atoms. The molecule has 0 saturated heterocycles. The molecule has 0 aliphatic carbocycles. The lowest BCUT2D eigenvalue weighted by Gasteiger charge is -2.03. The van der Waals surface area contributed by atoms with E-state index in [0.29, 0.717) is 5.82 Å². The maximum Gasteiger partial charge on any atom is 0.150 e. The second-order valence-corrected chi connectivity index (χ2v) is 3.13. The molecule has 2 aromatic rings. The average molecular weight is 220 g/mol. The van der Waals surface area contributed by atoms with E-state index in [4.69, 9.17) is 5.26 Å². The smallest absolute Gasteiger partial charge is 0.150 e. The van der Waals surface area contributed by atoms with Crippen LogP contribution in [-0.2, 0) is 0 Å². The van der Waals surface area contributed by atoms with Gasteiger partial charge in [-0.3, -0.25) is 0 Å². The molecule has 0 aliphatic rings. The van der Waals surface area contributed by atoms with Crippen LogP contribution in [0.25, 0.3) is 5.69 Å². The van der Waals surface area contributed by atoms with Crippen LogP contribution in [0.3, 0.4) is 0 Å². The van der Waals surface area contributed by atoms with Gasteiger partial charge in [0.2, 0.25) is 0 Å². The minimum atomic E-state index is -0.785. The molecular formula is C10H6F2N4. The number of hydrogen-bond acceptors (Lipinski definition) is 3. The first-order chi connectivity index (χ1) is 7.61. The molecule has 16 heavy (non-hydrogen) atoms. The van der Waals surface area contributed by atoms with Gasteiger partial charge < -0.3 is 0 Å². The van der Waals surface area contributed by atoms with E-state index in [0.717, 1.165) is 16.8 Å². The van der Waals surface area contributed by atoms with Gasteiger partial charge in [0.1, 0.15) is 35.5 Å². The molecule has 0 fully saturated rings. The van der Waals surface area contributed by atoms with Gasteiger partial charge >= 0.3 is 0 Å². The Morgan fingerprint density at radius 1 is 1.31 bits per heavy atom. The van der Waals surface area contributed by atoms with Gasteiger partial charge in [-0.15, -0.1) is 0 Å².